The molecule has 0 radical (unpaired) electrons. The van der Waals surface area contributed by atoms with Crippen LogP contribution in [0.3, 0.4) is 0 Å². The molecule has 2 rings (SSSR count). The average molecular weight is 154 g/mol. The van der Waals surface area contributed by atoms with Crippen LogP contribution in [0, 0.1) is 0 Å². The highest BCUT2D eigenvalue weighted by Crippen LogP contribution is 2.36. The van der Waals surface area contributed by atoms with Crippen LogP contribution in [0.5, 0.6) is 0 Å². The molecule has 0 N–H and O–H groups in total. The molecule has 0 amide bonds. The molecule has 0 unspecified atom stereocenters. The van der Waals surface area contributed by atoms with Gasteiger partial charge >= 0.3 is 0 Å². The van der Waals surface area contributed by atoms with Crippen LogP contribution >= 0.6 is 0 Å². The first-order valence-corrected chi connectivity index (χ1v) is 3.62. The Bertz CT molecular complexity index is 246. The topological polar surface area (TPSA) is 35.5 Å². The molecule has 2 heterocycles. The van der Waals surface area contributed by atoms with E-state index < -0.39 is 11.4 Å². The van der Waals surface area contributed by atoms with Crippen molar-refractivity contribution in [2.24, 2.45) is 0 Å². The maximum atomic E-state index is 11.2. The monoisotopic (exact) mass is 154 g/mol. The standard InChI is InChI=1S/C8H10O3/c1-7-5-10-8(2,11-7)4-3-6(7)9/h3-4H,5H2,1-2H3/t7-,8-/m1/s1. The van der Waals surface area contributed by atoms with E-state index in [1.165, 1.54) is 6.08 Å². The van der Waals surface area contributed by atoms with Crippen molar-refractivity contribution in [2.45, 2.75) is 25.2 Å². The fraction of sp³-hybridized carbons (Fsp3) is 0.625. The highest BCUT2D eigenvalue weighted by Gasteiger charge is 2.50. The number of carbonyl (C=O) groups is 1. The normalized spacial score (nSPS) is 48.4. The Hall–Kier alpha value is -0.670. The number of ether oxygens (including phenoxy) is 2. The zero-order chi connectivity index (χ0) is 8.11. The van der Waals surface area contributed by atoms with Gasteiger partial charge in [-0.2, -0.15) is 0 Å². The molecule has 3 heteroatoms. The Morgan fingerprint density at radius 3 is 2.91 bits per heavy atom. The van der Waals surface area contributed by atoms with Crippen molar-refractivity contribution in [3.63, 3.8) is 0 Å². The van der Waals surface area contributed by atoms with E-state index in [0.29, 0.717) is 6.61 Å². The number of hydrogen-bond donors (Lipinski definition) is 0. The second-order valence-electron chi connectivity index (χ2n) is 3.34. The number of fused-ring (bicyclic) bond motifs is 2. The zero-order valence-electron chi connectivity index (χ0n) is 6.59. The lowest BCUT2D eigenvalue weighted by molar-refractivity contribution is -0.158. The molecule has 2 bridgehead atoms. The lowest BCUT2D eigenvalue weighted by atomic mass is 9.99. The van der Waals surface area contributed by atoms with Gasteiger partial charge < -0.3 is 9.47 Å². The van der Waals surface area contributed by atoms with E-state index in [1.807, 2.05) is 0 Å². The van der Waals surface area contributed by atoms with Gasteiger partial charge in [0.25, 0.3) is 0 Å². The van der Waals surface area contributed by atoms with Gasteiger partial charge in [0.2, 0.25) is 0 Å². The summed E-state index contributed by atoms with van der Waals surface area (Å²) in [5, 5.41) is 0. The van der Waals surface area contributed by atoms with E-state index in [-0.39, 0.29) is 5.78 Å². The van der Waals surface area contributed by atoms with Crippen molar-refractivity contribution in [2.75, 3.05) is 6.61 Å². The minimum absolute atomic E-state index is 0.00697. The molecule has 2 aliphatic heterocycles. The number of carbonyl (C=O) groups excluding carboxylic acids is 1. The number of ketones is 1. The summed E-state index contributed by atoms with van der Waals surface area (Å²) in [7, 11) is 0. The van der Waals surface area contributed by atoms with Crippen molar-refractivity contribution in [1.29, 1.82) is 0 Å². The minimum Gasteiger partial charge on any atom is -0.343 e. The fourth-order valence-electron chi connectivity index (χ4n) is 1.39. The second kappa shape index (κ2) is 1.73. The second-order valence-corrected chi connectivity index (χ2v) is 3.34. The summed E-state index contributed by atoms with van der Waals surface area (Å²) < 4.78 is 10.7. The smallest absolute Gasteiger partial charge is 0.189 e. The molecule has 2 aliphatic rings. The maximum Gasteiger partial charge on any atom is 0.189 e. The molecule has 60 valence electrons. The first-order chi connectivity index (χ1) is 5.04. The van der Waals surface area contributed by atoms with E-state index in [1.54, 1.807) is 19.9 Å². The van der Waals surface area contributed by atoms with Crippen molar-refractivity contribution in [1.82, 2.24) is 0 Å². The van der Waals surface area contributed by atoms with Gasteiger partial charge in [-0.15, -0.1) is 0 Å². The van der Waals surface area contributed by atoms with Crippen LogP contribution < -0.4 is 0 Å². The predicted octanol–water partition coefficient (Wildman–Crippen LogP) is 0.647. The van der Waals surface area contributed by atoms with Crippen LogP contribution in [0.25, 0.3) is 0 Å². The Balaban J connectivity index is 2.43. The highest BCUT2D eigenvalue weighted by molar-refractivity contribution is 5.98. The SMILES string of the molecule is C[C@@]12C=CC(=O)[C@@](C)(CO1)O2. The summed E-state index contributed by atoms with van der Waals surface area (Å²) in [6.07, 6.45) is 3.20. The van der Waals surface area contributed by atoms with Gasteiger partial charge in [0.05, 0.1) is 6.61 Å². The fourth-order valence-corrected chi connectivity index (χ4v) is 1.39. The van der Waals surface area contributed by atoms with Crippen LogP contribution in [-0.4, -0.2) is 23.8 Å². The molecule has 1 saturated heterocycles. The molecule has 11 heavy (non-hydrogen) atoms. The molecule has 0 saturated carbocycles. The quantitative estimate of drug-likeness (QED) is 0.513. The van der Waals surface area contributed by atoms with Gasteiger partial charge in [0, 0.05) is 0 Å². The summed E-state index contributed by atoms with van der Waals surface area (Å²) in [6, 6.07) is 0. The lowest BCUT2D eigenvalue weighted by Gasteiger charge is -2.27. The number of rotatable bonds is 0. The molecular weight excluding hydrogens is 144 g/mol. The Morgan fingerprint density at radius 1 is 1.55 bits per heavy atom. The Labute approximate surface area is 65.0 Å². The number of hydrogen-bond acceptors (Lipinski definition) is 3. The van der Waals surface area contributed by atoms with Gasteiger partial charge in [0.1, 0.15) is 0 Å². The molecular formula is C8H10O3. The van der Waals surface area contributed by atoms with Crippen molar-refractivity contribution < 1.29 is 14.3 Å². The van der Waals surface area contributed by atoms with E-state index in [9.17, 15) is 4.79 Å². The summed E-state index contributed by atoms with van der Waals surface area (Å²) in [5.41, 5.74) is -0.733. The van der Waals surface area contributed by atoms with E-state index in [4.69, 9.17) is 9.47 Å². The van der Waals surface area contributed by atoms with Crippen molar-refractivity contribution in [3.8, 4) is 0 Å². The minimum atomic E-state index is -0.733. The summed E-state index contributed by atoms with van der Waals surface area (Å²) in [4.78, 5) is 11.2. The Kier molecular flexibility index (Phi) is 1.10. The van der Waals surface area contributed by atoms with Crippen molar-refractivity contribution in [3.05, 3.63) is 12.2 Å². The molecule has 2 atom stereocenters. The highest BCUT2D eigenvalue weighted by atomic mass is 16.8. The van der Waals surface area contributed by atoms with Crippen LogP contribution in [0.2, 0.25) is 0 Å². The molecule has 0 spiro atoms. The van der Waals surface area contributed by atoms with Gasteiger partial charge in [-0.1, -0.05) is 0 Å². The molecule has 0 aliphatic carbocycles. The molecule has 0 aromatic rings. The lowest BCUT2D eigenvalue weighted by Crippen LogP contribution is -2.41. The summed E-state index contributed by atoms with van der Waals surface area (Å²) >= 11 is 0. The molecule has 3 nitrogen and oxygen atoms in total. The largest absolute Gasteiger partial charge is 0.343 e. The molecule has 1 fully saturated rings. The van der Waals surface area contributed by atoms with Crippen LogP contribution in [-0.2, 0) is 14.3 Å². The van der Waals surface area contributed by atoms with E-state index in [2.05, 4.69) is 0 Å². The third kappa shape index (κ3) is 0.847. The zero-order valence-corrected chi connectivity index (χ0v) is 6.59. The third-order valence-corrected chi connectivity index (χ3v) is 2.12. The van der Waals surface area contributed by atoms with Gasteiger partial charge in [-0.25, -0.2) is 0 Å². The van der Waals surface area contributed by atoms with Crippen LogP contribution in [0.15, 0.2) is 12.2 Å². The first kappa shape index (κ1) is 7.00. The summed E-state index contributed by atoms with van der Waals surface area (Å²) in [6.45, 7) is 3.92. The summed E-state index contributed by atoms with van der Waals surface area (Å²) in [5.74, 6) is -0.671. The average Bonchev–Trinajstić information content (AvgIpc) is 2.20. The van der Waals surface area contributed by atoms with Gasteiger partial charge in [-0.3, -0.25) is 4.79 Å². The predicted molar refractivity (Wildman–Crippen MR) is 38.0 cm³/mol. The van der Waals surface area contributed by atoms with E-state index in [0.717, 1.165) is 0 Å². The van der Waals surface area contributed by atoms with Crippen LogP contribution in [0.1, 0.15) is 13.8 Å². The maximum absolute atomic E-state index is 11.2. The first-order valence-electron chi connectivity index (χ1n) is 3.62. The van der Waals surface area contributed by atoms with Gasteiger partial charge in [-0.05, 0) is 26.0 Å². The molecule has 0 aromatic carbocycles. The van der Waals surface area contributed by atoms with Gasteiger partial charge in [0.15, 0.2) is 17.2 Å². The van der Waals surface area contributed by atoms with Crippen LogP contribution in [0.4, 0.5) is 0 Å². The molecule has 0 aromatic heterocycles. The Morgan fingerprint density at radius 2 is 2.27 bits per heavy atom. The third-order valence-electron chi connectivity index (χ3n) is 2.12. The van der Waals surface area contributed by atoms with E-state index >= 15 is 0 Å². The van der Waals surface area contributed by atoms with Crippen molar-refractivity contribution >= 4 is 5.78 Å².